The summed E-state index contributed by atoms with van der Waals surface area (Å²) < 4.78 is 8.83. The van der Waals surface area contributed by atoms with Gasteiger partial charge in [0.2, 0.25) is 5.69 Å². The van der Waals surface area contributed by atoms with Crippen molar-refractivity contribution >= 4 is 21.9 Å². The molecule has 1 aliphatic carbocycles. The van der Waals surface area contributed by atoms with Crippen molar-refractivity contribution in [2.75, 3.05) is 0 Å². The topological polar surface area (TPSA) is 40.8 Å². The average molecular weight is 492 g/mol. The SMILES string of the molecule is Cc1ccc2c(oc3c(-c4ccc(C5Cc6ccccc6C5)cc4)c(C#N)ccc32)c1-c1cccc[n+]1C. The van der Waals surface area contributed by atoms with Gasteiger partial charge in [-0.2, -0.15) is 5.26 Å². The van der Waals surface area contributed by atoms with E-state index in [-0.39, 0.29) is 0 Å². The Balaban J connectivity index is 1.38. The first-order valence-corrected chi connectivity index (χ1v) is 13.1. The zero-order valence-corrected chi connectivity index (χ0v) is 21.5. The standard InChI is InChI=1S/C35H27N2O/c1-22-10-16-29-30-17-15-27(21-36)33(35(30)38-34(29)32(22)31-9-5-6-18-37(31)2)24-13-11-23(12-14-24)28-19-25-7-3-4-8-26(25)20-28/h3-18,28H,19-20H2,1-2H3/q+1. The van der Waals surface area contributed by atoms with Gasteiger partial charge in [0.1, 0.15) is 18.2 Å². The molecule has 0 radical (unpaired) electrons. The molecule has 0 saturated heterocycles. The molecule has 2 aromatic heterocycles. The monoisotopic (exact) mass is 491 g/mol. The predicted octanol–water partition coefficient (Wildman–Crippen LogP) is 7.81. The second kappa shape index (κ2) is 8.71. The van der Waals surface area contributed by atoms with Crippen LogP contribution in [0.5, 0.6) is 0 Å². The van der Waals surface area contributed by atoms with Gasteiger partial charge in [-0.3, -0.25) is 0 Å². The number of nitrogens with zero attached hydrogens (tertiary/aromatic N) is 2. The first-order valence-electron chi connectivity index (χ1n) is 13.1. The summed E-state index contributed by atoms with van der Waals surface area (Å²) in [6.45, 7) is 2.12. The maximum atomic E-state index is 10.1. The van der Waals surface area contributed by atoms with Crippen LogP contribution in [-0.2, 0) is 19.9 Å². The van der Waals surface area contributed by atoms with Gasteiger partial charge in [-0.05, 0) is 71.7 Å². The van der Waals surface area contributed by atoms with Gasteiger partial charge < -0.3 is 4.42 Å². The lowest BCUT2D eigenvalue weighted by atomic mass is 9.92. The minimum atomic E-state index is 0.496. The van der Waals surface area contributed by atoms with E-state index in [0.29, 0.717) is 11.5 Å². The van der Waals surface area contributed by atoms with Gasteiger partial charge in [-0.25, -0.2) is 4.57 Å². The fourth-order valence-electron chi connectivity index (χ4n) is 6.20. The lowest BCUT2D eigenvalue weighted by molar-refractivity contribution is -0.660. The van der Waals surface area contributed by atoms with Crippen molar-refractivity contribution in [2.24, 2.45) is 7.05 Å². The third-order valence-corrected chi connectivity index (χ3v) is 8.17. The van der Waals surface area contributed by atoms with Crippen LogP contribution in [0, 0.1) is 18.3 Å². The Hall–Kier alpha value is -4.68. The number of aromatic nitrogens is 1. The number of furan rings is 1. The Labute approximate surface area is 222 Å². The highest BCUT2D eigenvalue weighted by Gasteiger charge is 2.24. The van der Waals surface area contributed by atoms with Gasteiger partial charge in [-0.15, -0.1) is 0 Å². The molecule has 0 amide bonds. The normalized spacial score (nSPS) is 13.2. The predicted molar refractivity (Wildman–Crippen MR) is 152 cm³/mol. The van der Waals surface area contributed by atoms with Crippen LogP contribution < -0.4 is 4.57 Å². The minimum absolute atomic E-state index is 0.496. The van der Waals surface area contributed by atoms with Gasteiger partial charge in [0.05, 0.1) is 17.2 Å². The zero-order chi connectivity index (χ0) is 25.8. The second-order valence-corrected chi connectivity index (χ2v) is 10.4. The second-order valence-electron chi connectivity index (χ2n) is 10.4. The van der Waals surface area contributed by atoms with E-state index in [1.807, 2.05) is 18.2 Å². The Morgan fingerprint density at radius 2 is 1.42 bits per heavy atom. The third-order valence-electron chi connectivity index (χ3n) is 8.17. The van der Waals surface area contributed by atoms with Crippen molar-refractivity contribution < 1.29 is 8.98 Å². The van der Waals surface area contributed by atoms with E-state index in [0.717, 1.165) is 62.7 Å². The molecular weight excluding hydrogens is 464 g/mol. The van der Waals surface area contributed by atoms with E-state index < -0.39 is 0 Å². The number of nitriles is 1. The van der Waals surface area contributed by atoms with Gasteiger partial charge in [0.25, 0.3) is 0 Å². The molecule has 0 saturated carbocycles. The van der Waals surface area contributed by atoms with Gasteiger partial charge in [0.15, 0.2) is 6.20 Å². The number of hydrogen-bond donors (Lipinski definition) is 0. The van der Waals surface area contributed by atoms with E-state index in [1.54, 1.807) is 0 Å². The quantitative estimate of drug-likeness (QED) is 0.237. The smallest absolute Gasteiger partial charge is 0.216 e. The summed E-state index contributed by atoms with van der Waals surface area (Å²) in [7, 11) is 2.06. The largest absolute Gasteiger partial charge is 0.454 e. The Morgan fingerprint density at radius 1 is 0.763 bits per heavy atom. The maximum Gasteiger partial charge on any atom is 0.216 e. The van der Waals surface area contributed by atoms with E-state index >= 15 is 0 Å². The fourth-order valence-corrected chi connectivity index (χ4v) is 6.20. The number of aryl methyl sites for hydroxylation is 2. The van der Waals surface area contributed by atoms with E-state index in [4.69, 9.17) is 4.42 Å². The number of fused-ring (bicyclic) bond motifs is 4. The number of rotatable bonds is 3. The lowest BCUT2D eigenvalue weighted by Gasteiger charge is -2.11. The molecule has 182 valence electrons. The van der Waals surface area contributed by atoms with E-state index in [9.17, 15) is 5.26 Å². The molecule has 0 aliphatic heterocycles. The van der Waals surface area contributed by atoms with Crippen LogP contribution in [0.4, 0.5) is 0 Å². The van der Waals surface area contributed by atoms with E-state index in [2.05, 4.69) is 104 Å². The molecule has 38 heavy (non-hydrogen) atoms. The summed E-state index contributed by atoms with van der Waals surface area (Å²) in [6.07, 6.45) is 4.22. The first kappa shape index (κ1) is 22.5. The van der Waals surface area contributed by atoms with Crippen LogP contribution in [-0.4, -0.2) is 0 Å². The van der Waals surface area contributed by atoms with Crippen molar-refractivity contribution in [2.45, 2.75) is 25.7 Å². The van der Waals surface area contributed by atoms with Crippen LogP contribution in [0.15, 0.2) is 102 Å². The van der Waals surface area contributed by atoms with Crippen LogP contribution in [0.1, 0.15) is 33.7 Å². The van der Waals surface area contributed by atoms with Gasteiger partial charge >= 0.3 is 0 Å². The molecule has 6 aromatic rings. The molecular formula is C35H27N2O+. The van der Waals surface area contributed by atoms with Crippen molar-refractivity contribution in [1.82, 2.24) is 0 Å². The zero-order valence-electron chi connectivity index (χ0n) is 21.5. The summed E-state index contributed by atoms with van der Waals surface area (Å²) >= 11 is 0. The summed E-state index contributed by atoms with van der Waals surface area (Å²) in [4.78, 5) is 0. The highest BCUT2D eigenvalue weighted by molar-refractivity contribution is 6.14. The fraction of sp³-hybridized carbons (Fsp3) is 0.143. The summed E-state index contributed by atoms with van der Waals surface area (Å²) in [5.74, 6) is 0.496. The van der Waals surface area contributed by atoms with Crippen molar-refractivity contribution in [1.29, 1.82) is 5.26 Å². The molecule has 0 atom stereocenters. The molecule has 0 unspecified atom stereocenters. The molecule has 0 N–H and O–H groups in total. The Bertz CT molecular complexity index is 1880. The molecule has 4 aromatic carbocycles. The Kier molecular flexibility index (Phi) is 5.16. The molecule has 7 rings (SSSR count). The third kappa shape index (κ3) is 3.45. The number of benzene rings is 4. The van der Waals surface area contributed by atoms with E-state index in [1.165, 1.54) is 16.7 Å². The molecule has 3 nitrogen and oxygen atoms in total. The van der Waals surface area contributed by atoms with Gasteiger partial charge in [0, 0.05) is 28.5 Å². The maximum absolute atomic E-state index is 10.1. The minimum Gasteiger partial charge on any atom is -0.454 e. The van der Waals surface area contributed by atoms with Crippen LogP contribution in [0.25, 0.3) is 44.3 Å². The molecule has 0 bridgehead atoms. The van der Waals surface area contributed by atoms with Crippen molar-refractivity contribution in [3.63, 3.8) is 0 Å². The van der Waals surface area contributed by atoms with Crippen LogP contribution >= 0.6 is 0 Å². The molecule has 2 heterocycles. The Morgan fingerprint density at radius 3 is 2.11 bits per heavy atom. The molecule has 1 aliphatic rings. The molecule has 0 spiro atoms. The average Bonchev–Trinajstić information content (AvgIpc) is 3.55. The first-order chi connectivity index (χ1) is 18.6. The van der Waals surface area contributed by atoms with Crippen molar-refractivity contribution in [3.05, 3.63) is 125 Å². The lowest BCUT2D eigenvalue weighted by Crippen LogP contribution is -2.30. The van der Waals surface area contributed by atoms with Crippen LogP contribution in [0.2, 0.25) is 0 Å². The molecule has 3 heteroatoms. The molecule has 0 fully saturated rings. The highest BCUT2D eigenvalue weighted by atomic mass is 16.3. The van der Waals surface area contributed by atoms with Gasteiger partial charge in [-0.1, -0.05) is 60.7 Å². The van der Waals surface area contributed by atoms with Crippen LogP contribution in [0.3, 0.4) is 0 Å². The number of pyridine rings is 1. The summed E-state index contributed by atoms with van der Waals surface area (Å²) in [5, 5.41) is 12.2. The highest BCUT2D eigenvalue weighted by Crippen LogP contribution is 2.42. The summed E-state index contributed by atoms with van der Waals surface area (Å²) in [5.41, 5.74) is 11.7. The number of hydrogen-bond acceptors (Lipinski definition) is 2. The summed E-state index contributed by atoms with van der Waals surface area (Å²) in [6, 6.07) is 34.4. The van der Waals surface area contributed by atoms with Crippen molar-refractivity contribution in [3.8, 4) is 28.5 Å².